The summed E-state index contributed by atoms with van der Waals surface area (Å²) in [5.74, 6) is -0.266. The second-order valence-corrected chi connectivity index (χ2v) is 5.37. The Balaban J connectivity index is 2.24. The van der Waals surface area contributed by atoms with E-state index in [9.17, 15) is 9.59 Å². The number of fused-ring (bicyclic) bond motifs is 1. The summed E-state index contributed by atoms with van der Waals surface area (Å²) in [5.41, 5.74) is 1.41. The van der Waals surface area contributed by atoms with Gasteiger partial charge in [0.15, 0.2) is 6.29 Å². The SMILES string of the molecule is O=Cc1cn(C(=O)c2cccc(Cl)c2)c2cccc(Cl)c12. The maximum Gasteiger partial charge on any atom is 0.262 e. The van der Waals surface area contributed by atoms with Crippen molar-refractivity contribution in [3.63, 3.8) is 0 Å². The average Bonchev–Trinajstić information content (AvgIpc) is 2.86. The fraction of sp³-hybridized carbons (Fsp3) is 0. The van der Waals surface area contributed by atoms with Gasteiger partial charge in [0.05, 0.1) is 10.5 Å². The van der Waals surface area contributed by atoms with Crippen molar-refractivity contribution in [2.45, 2.75) is 0 Å². The van der Waals surface area contributed by atoms with Gasteiger partial charge in [0.2, 0.25) is 0 Å². The number of hydrogen-bond donors (Lipinski definition) is 0. The molecule has 0 N–H and O–H groups in total. The van der Waals surface area contributed by atoms with Crippen LogP contribution in [-0.2, 0) is 0 Å². The van der Waals surface area contributed by atoms with Gasteiger partial charge in [0, 0.05) is 27.7 Å². The topological polar surface area (TPSA) is 39.1 Å². The van der Waals surface area contributed by atoms with Crippen molar-refractivity contribution in [3.05, 3.63) is 69.8 Å². The van der Waals surface area contributed by atoms with E-state index in [1.165, 1.54) is 10.8 Å². The Kier molecular flexibility index (Phi) is 3.53. The van der Waals surface area contributed by atoms with Crippen LogP contribution in [0.25, 0.3) is 10.9 Å². The molecule has 0 radical (unpaired) electrons. The Morgan fingerprint density at radius 1 is 1.10 bits per heavy atom. The highest BCUT2D eigenvalue weighted by atomic mass is 35.5. The lowest BCUT2D eigenvalue weighted by Gasteiger charge is -2.04. The normalized spacial score (nSPS) is 10.8. The predicted molar refractivity (Wildman–Crippen MR) is 83.5 cm³/mol. The first-order chi connectivity index (χ1) is 10.1. The zero-order valence-corrected chi connectivity index (χ0v) is 12.2. The summed E-state index contributed by atoms with van der Waals surface area (Å²) in [6.07, 6.45) is 2.18. The molecule has 0 amide bonds. The molecule has 0 fully saturated rings. The minimum absolute atomic E-state index is 0.266. The number of carbonyl (C=O) groups excluding carboxylic acids is 2. The van der Waals surface area contributed by atoms with Crippen LogP contribution in [0.3, 0.4) is 0 Å². The summed E-state index contributed by atoms with van der Waals surface area (Å²) >= 11 is 12.0. The van der Waals surface area contributed by atoms with E-state index < -0.39 is 0 Å². The first-order valence-corrected chi connectivity index (χ1v) is 6.92. The number of hydrogen-bond acceptors (Lipinski definition) is 2. The van der Waals surface area contributed by atoms with Crippen molar-refractivity contribution < 1.29 is 9.59 Å². The molecule has 3 nitrogen and oxygen atoms in total. The summed E-state index contributed by atoms with van der Waals surface area (Å²) in [6.45, 7) is 0. The Morgan fingerprint density at radius 3 is 2.57 bits per heavy atom. The van der Waals surface area contributed by atoms with Crippen LogP contribution in [-0.4, -0.2) is 16.8 Å². The maximum absolute atomic E-state index is 12.6. The van der Waals surface area contributed by atoms with E-state index >= 15 is 0 Å². The minimum atomic E-state index is -0.266. The van der Waals surface area contributed by atoms with Gasteiger partial charge in [0.1, 0.15) is 0 Å². The van der Waals surface area contributed by atoms with E-state index in [2.05, 4.69) is 0 Å². The quantitative estimate of drug-likeness (QED) is 0.655. The van der Waals surface area contributed by atoms with Gasteiger partial charge in [-0.3, -0.25) is 14.2 Å². The molecule has 0 aliphatic carbocycles. The van der Waals surface area contributed by atoms with Gasteiger partial charge < -0.3 is 0 Å². The summed E-state index contributed by atoms with van der Waals surface area (Å²) in [5, 5.41) is 1.49. The first kappa shape index (κ1) is 13.9. The largest absolute Gasteiger partial charge is 0.298 e. The highest BCUT2D eigenvalue weighted by Gasteiger charge is 2.16. The van der Waals surface area contributed by atoms with Crippen LogP contribution in [0.4, 0.5) is 0 Å². The molecule has 1 aromatic heterocycles. The van der Waals surface area contributed by atoms with E-state index in [-0.39, 0.29) is 5.91 Å². The molecule has 1 heterocycles. The molecule has 3 aromatic rings. The number of halogens is 2. The van der Waals surface area contributed by atoms with Gasteiger partial charge >= 0.3 is 0 Å². The summed E-state index contributed by atoms with van der Waals surface area (Å²) in [6, 6.07) is 11.8. The summed E-state index contributed by atoms with van der Waals surface area (Å²) in [4.78, 5) is 23.8. The van der Waals surface area contributed by atoms with Crippen molar-refractivity contribution >= 4 is 46.3 Å². The van der Waals surface area contributed by atoms with E-state index in [1.807, 2.05) is 0 Å². The van der Waals surface area contributed by atoms with Crippen LogP contribution >= 0.6 is 23.2 Å². The molecule has 0 spiro atoms. The fourth-order valence-corrected chi connectivity index (χ4v) is 2.76. The first-order valence-electron chi connectivity index (χ1n) is 6.17. The van der Waals surface area contributed by atoms with E-state index in [0.717, 1.165) is 0 Å². The third-order valence-electron chi connectivity index (χ3n) is 3.23. The van der Waals surface area contributed by atoms with Crippen molar-refractivity contribution in [1.29, 1.82) is 0 Å². The van der Waals surface area contributed by atoms with Crippen LogP contribution in [0.2, 0.25) is 10.0 Å². The van der Waals surface area contributed by atoms with Gasteiger partial charge in [0.25, 0.3) is 5.91 Å². The molecule has 2 aromatic carbocycles. The van der Waals surface area contributed by atoms with Crippen LogP contribution in [0, 0.1) is 0 Å². The zero-order chi connectivity index (χ0) is 15.0. The molecule has 0 aliphatic heterocycles. The second kappa shape index (κ2) is 5.35. The highest BCUT2D eigenvalue weighted by Crippen LogP contribution is 2.28. The van der Waals surface area contributed by atoms with Crippen molar-refractivity contribution in [1.82, 2.24) is 4.57 Å². The molecular formula is C16H9Cl2NO2. The lowest BCUT2D eigenvalue weighted by molar-refractivity contribution is 0.0965. The number of nitrogens with zero attached hydrogens (tertiary/aromatic N) is 1. The van der Waals surface area contributed by atoms with Crippen molar-refractivity contribution in [2.24, 2.45) is 0 Å². The average molecular weight is 318 g/mol. The molecule has 0 bridgehead atoms. The molecule has 0 unspecified atom stereocenters. The molecule has 104 valence electrons. The fourth-order valence-electron chi connectivity index (χ4n) is 2.29. The lowest BCUT2D eigenvalue weighted by atomic mass is 10.2. The molecular weight excluding hydrogens is 309 g/mol. The van der Waals surface area contributed by atoms with Crippen LogP contribution in [0.15, 0.2) is 48.7 Å². The van der Waals surface area contributed by atoms with Gasteiger partial charge in [-0.05, 0) is 30.3 Å². The molecule has 0 saturated heterocycles. The monoisotopic (exact) mass is 317 g/mol. The molecule has 0 aliphatic rings. The van der Waals surface area contributed by atoms with Crippen molar-refractivity contribution in [2.75, 3.05) is 0 Å². The van der Waals surface area contributed by atoms with Crippen LogP contribution in [0.5, 0.6) is 0 Å². The van der Waals surface area contributed by atoms with Crippen LogP contribution < -0.4 is 0 Å². The standard InChI is InChI=1S/C16H9Cl2NO2/c17-12-4-1-3-10(7-12)16(21)19-8-11(9-20)15-13(18)5-2-6-14(15)19/h1-9H. The Morgan fingerprint density at radius 2 is 1.86 bits per heavy atom. The van der Waals surface area contributed by atoms with Crippen molar-refractivity contribution in [3.8, 4) is 0 Å². The highest BCUT2D eigenvalue weighted by molar-refractivity contribution is 6.36. The van der Waals surface area contributed by atoms with Gasteiger partial charge in [-0.25, -0.2) is 0 Å². The molecule has 0 saturated carbocycles. The third-order valence-corrected chi connectivity index (χ3v) is 3.78. The number of benzene rings is 2. The smallest absolute Gasteiger partial charge is 0.262 e. The number of rotatable bonds is 2. The van der Waals surface area contributed by atoms with Gasteiger partial charge in [-0.2, -0.15) is 0 Å². The third kappa shape index (κ3) is 2.35. The molecule has 5 heteroatoms. The summed E-state index contributed by atoms with van der Waals surface area (Å²) in [7, 11) is 0. The van der Waals surface area contributed by atoms with Gasteiger partial charge in [-0.15, -0.1) is 0 Å². The lowest BCUT2D eigenvalue weighted by Crippen LogP contribution is -2.10. The Labute approximate surface area is 130 Å². The molecule has 21 heavy (non-hydrogen) atoms. The Bertz CT molecular complexity index is 868. The molecule has 3 rings (SSSR count). The van der Waals surface area contributed by atoms with Gasteiger partial charge in [-0.1, -0.05) is 35.3 Å². The number of carbonyl (C=O) groups is 2. The zero-order valence-electron chi connectivity index (χ0n) is 10.7. The number of aldehydes is 1. The second-order valence-electron chi connectivity index (χ2n) is 4.52. The summed E-state index contributed by atoms with van der Waals surface area (Å²) < 4.78 is 1.41. The van der Waals surface area contributed by atoms with E-state index in [0.29, 0.717) is 38.4 Å². The minimum Gasteiger partial charge on any atom is -0.298 e. The number of aromatic nitrogens is 1. The molecule has 0 atom stereocenters. The Hall–Kier alpha value is -2.10. The van der Waals surface area contributed by atoms with E-state index in [4.69, 9.17) is 23.2 Å². The maximum atomic E-state index is 12.6. The van der Waals surface area contributed by atoms with Crippen LogP contribution in [0.1, 0.15) is 20.7 Å². The predicted octanol–water partition coefficient (Wildman–Crippen LogP) is 4.45. The van der Waals surface area contributed by atoms with E-state index in [1.54, 1.807) is 42.5 Å².